The van der Waals surface area contributed by atoms with Crippen molar-refractivity contribution >= 4 is 29.6 Å². The molecule has 3 rings (SSSR count). The van der Waals surface area contributed by atoms with Gasteiger partial charge in [-0.05, 0) is 25.2 Å². The van der Waals surface area contributed by atoms with Gasteiger partial charge < -0.3 is 14.5 Å². The Bertz CT molecular complexity index is 752. The molecule has 0 aromatic carbocycles. The highest BCUT2D eigenvalue weighted by molar-refractivity contribution is 7.98. The highest BCUT2D eigenvalue weighted by atomic mass is 32.2. The topological polar surface area (TPSA) is 106 Å². The second kappa shape index (κ2) is 7.26. The lowest BCUT2D eigenvalue weighted by Crippen LogP contribution is -2.37. The van der Waals surface area contributed by atoms with Crippen LogP contribution in [0, 0.1) is 5.92 Å². The first-order valence-corrected chi connectivity index (χ1v) is 9.15. The molecule has 0 aliphatic carbocycles. The van der Waals surface area contributed by atoms with Crippen LogP contribution in [-0.4, -0.2) is 45.2 Å². The minimum Gasteiger partial charge on any atom is -0.447 e. The number of amides is 1. The van der Waals surface area contributed by atoms with E-state index in [9.17, 15) is 4.79 Å². The smallest absolute Gasteiger partial charge is 0.415 e. The molecule has 25 heavy (non-hydrogen) atoms. The molecule has 0 unspecified atom stereocenters. The van der Waals surface area contributed by atoms with Crippen LogP contribution in [0.1, 0.15) is 32.7 Å². The van der Waals surface area contributed by atoms with Crippen LogP contribution in [0.2, 0.25) is 0 Å². The van der Waals surface area contributed by atoms with Crippen LogP contribution in [-0.2, 0) is 4.74 Å². The molecule has 10 heteroatoms. The molecule has 2 aromatic heterocycles. The summed E-state index contributed by atoms with van der Waals surface area (Å²) in [6.45, 7) is 6.32. The normalized spacial score (nSPS) is 18.5. The molecule has 0 bridgehead atoms. The first-order valence-electron chi connectivity index (χ1n) is 7.92. The van der Waals surface area contributed by atoms with E-state index >= 15 is 0 Å². The van der Waals surface area contributed by atoms with Gasteiger partial charge >= 0.3 is 6.09 Å². The van der Waals surface area contributed by atoms with Crippen LogP contribution in [0.15, 0.2) is 21.9 Å². The molecular weight excluding hydrogens is 344 g/mol. The number of anilines is 2. The summed E-state index contributed by atoms with van der Waals surface area (Å²) in [7, 11) is 0. The fourth-order valence-corrected chi connectivity index (χ4v) is 2.77. The number of aromatic nitrogens is 4. The van der Waals surface area contributed by atoms with Gasteiger partial charge in [0.1, 0.15) is 18.5 Å². The fourth-order valence-electron chi connectivity index (χ4n) is 2.48. The zero-order chi connectivity index (χ0) is 18.0. The average Bonchev–Trinajstić information content (AvgIpc) is 3.21. The lowest BCUT2D eigenvalue weighted by Gasteiger charge is -2.23. The van der Waals surface area contributed by atoms with E-state index < -0.39 is 6.09 Å². The standard InChI is InChI=1S/C15H20N6O3S/c1-8(2)10-7-23-15(22)21(10)11-5-6-16-13(18-11)17-9(3)12-19-20-14(24-12)25-4/h5-6,8-10H,7H2,1-4H3,(H,16,17,18)/t9-,10+/m0/s1. The van der Waals surface area contributed by atoms with Crippen LogP contribution in [0.25, 0.3) is 0 Å². The quantitative estimate of drug-likeness (QED) is 0.774. The number of thioether (sulfide) groups is 1. The third-order valence-corrected chi connectivity index (χ3v) is 4.39. The lowest BCUT2D eigenvalue weighted by atomic mass is 10.0. The van der Waals surface area contributed by atoms with Crippen LogP contribution in [0.5, 0.6) is 0 Å². The molecule has 9 nitrogen and oxygen atoms in total. The lowest BCUT2D eigenvalue weighted by molar-refractivity contribution is 0.177. The molecule has 134 valence electrons. The molecule has 0 radical (unpaired) electrons. The van der Waals surface area contributed by atoms with Crippen molar-refractivity contribution in [1.82, 2.24) is 20.2 Å². The molecule has 1 aliphatic heterocycles. The number of hydrogen-bond acceptors (Lipinski definition) is 9. The van der Waals surface area contributed by atoms with E-state index in [0.717, 1.165) is 0 Å². The second-order valence-corrected chi connectivity index (χ2v) is 6.73. The molecule has 0 spiro atoms. The Hall–Kier alpha value is -2.36. The molecule has 2 atom stereocenters. The molecule has 1 N–H and O–H groups in total. The molecule has 0 saturated carbocycles. The minimum absolute atomic E-state index is 0.0484. The monoisotopic (exact) mass is 364 g/mol. The van der Waals surface area contributed by atoms with Crippen molar-refractivity contribution < 1.29 is 13.9 Å². The maximum Gasteiger partial charge on any atom is 0.415 e. The van der Waals surface area contributed by atoms with Crippen LogP contribution in [0.4, 0.5) is 16.6 Å². The predicted molar refractivity (Wildman–Crippen MR) is 92.6 cm³/mol. The number of ether oxygens (including phenoxy) is 1. The molecule has 3 heterocycles. The summed E-state index contributed by atoms with van der Waals surface area (Å²) in [6, 6.07) is 1.37. The summed E-state index contributed by atoms with van der Waals surface area (Å²) >= 11 is 1.38. The van der Waals surface area contributed by atoms with Crippen LogP contribution < -0.4 is 10.2 Å². The Kier molecular flexibility index (Phi) is 5.07. The van der Waals surface area contributed by atoms with E-state index in [1.54, 1.807) is 17.2 Å². The van der Waals surface area contributed by atoms with E-state index in [1.165, 1.54) is 11.8 Å². The molecule has 1 aliphatic rings. The number of hydrogen-bond donors (Lipinski definition) is 1. The van der Waals surface area contributed by atoms with Crippen molar-refractivity contribution in [3.8, 4) is 0 Å². The second-order valence-electron chi connectivity index (χ2n) is 5.97. The number of carbonyl (C=O) groups excluding carboxylic acids is 1. The number of rotatable bonds is 6. The molecule has 1 saturated heterocycles. The zero-order valence-electron chi connectivity index (χ0n) is 14.5. The van der Waals surface area contributed by atoms with Gasteiger partial charge in [-0.3, -0.25) is 4.90 Å². The van der Waals surface area contributed by atoms with Gasteiger partial charge in [0.15, 0.2) is 0 Å². The van der Waals surface area contributed by atoms with E-state index in [1.807, 2.05) is 27.0 Å². The Morgan fingerprint density at radius 1 is 1.36 bits per heavy atom. The minimum atomic E-state index is -0.391. The van der Waals surface area contributed by atoms with E-state index in [-0.39, 0.29) is 18.0 Å². The summed E-state index contributed by atoms with van der Waals surface area (Å²) in [5, 5.41) is 11.5. The summed E-state index contributed by atoms with van der Waals surface area (Å²) < 4.78 is 10.7. The van der Waals surface area contributed by atoms with Crippen molar-refractivity contribution in [2.24, 2.45) is 5.92 Å². The largest absolute Gasteiger partial charge is 0.447 e. The van der Waals surface area contributed by atoms with Gasteiger partial charge in [0.2, 0.25) is 11.8 Å². The number of carbonyl (C=O) groups is 1. The van der Waals surface area contributed by atoms with Crippen molar-refractivity contribution in [3.05, 3.63) is 18.2 Å². The molecule has 1 amide bonds. The summed E-state index contributed by atoms with van der Waals surface area (Å²) in [5.74, 6) is 1.57. The van der Waals surface area contributed by atoms with Gasteiger partial charge in [-0.2, -0.15) is 4.98 Å². The van der Waals surface area contributed by atoms with Crippen LogP contribution >= 0.6 is 11.8 Å². The first-order chi connectivity index (χ1) is 12.0. The summed E-state index contributed by atoms with van der Waals surface area (Å²) in [6.07, 6.45) is 3.07. The first kappa shape index (κ1) is 17.5. The van der Waals surface area contributed by atoms with Gasteiger partial charge in [0, 0.05) is 6.20 Å². The molecule has 2 aromatic rings. The fraction of sp³-hybridized carbons (Fsp3) is 0.533. The highest BCUT2D eigenvalue weighted by Crippen LogP contribution is 2.26. The Labute approximate surface area is 149 Å². The SMILES string of the molecule is CSc1nnc([C@H](C)Nc2nccc(N3C(=O)OC[C@@H]3C(C)C)n2)o1. The van der Waals surface area contributed by atoms with Gasteiger partial charge in [0.25, 0.3) is 5.22 Å². The third-order valence-electron chi connectivity index (χ3n) is 3.88. The van der Waals surface area contributed by atoms with Crippen molar-refractivity contribution in [2.45, 2.75) is 38.1 Å². The average molecular weight is 364 g/mol. The van der Waals surface area contributed by atoms with Crippen molar-refractivity contribution in [2.75, 3.05) is 23.1 Å². The Morgan fingerprint density at radius 2 is 2.16 bits per heavy atom. The van der Waals surface area contributed by atoms with Gasteiger partial charge in [-0.15, -0.1) is 10.2 Å². The van der Waals surface area contributed by atoms with E-state index in [4.69, 9.17) is 9.15 Å². The maximum absolute atomic E-state index is 12.1. The molecule has 1 fully saturated rings. The van der Waals surface area contributed by atoms with E-state index in [0.29, 0.717) is 29.5 Å². The van der Waals surface area contributed by atoms with Gasteiger partial charge in [0.05, 0.1) is 6.04 Å². The Morgan fingerprint density at radius 3 is 2.84 bits per heavy atom. The number of cyclic esters (lactones) is 1. The summed E-state index contributed by atoms with van der Waals surface area (Å²) in [5.41, 5.74) is 0. The number of nitrogens with one attached hydrogen (secondary N) is 1. The van der Waals surface area contributed by atoms with Crippen molar-refractivity contribution in [3.63, 3.8) is 0 Å². The zero-order valence-corrected chi connectivity index (χ0v) is 15.3. The van der Waals surface area contributed by atoms with E-state index in [2.05, 4.69) is 25.5 Å². The van der Waals surface area contributed by atoms with Gasteiger partial charge in [-0.25, -0.2) is 9.78 Å². The van der Waals surface area contributed by atoms with Crippen LogP contribution in [0.3, 0.4) is 0 Å². The maximum atomic E-state index is 12.1. The van der Waals surface area contributed by atoms with Crippen molar-refractivity contribution in [1.29, 1.82) is 0 Å². The summed E-state index contributed by atoms with van der Waals surface area (Å²) in [4.78, 5) is 22.3. The van der Waals surface area contributed by atoms with Gasteiger partial charge in [-0.1, -0.05) is 25.6 Å². The number of nitrogens with zero attached hydrogens (tertiary/aromatic N) is 5. The predicted octanol–water partition coefficient (Wildman–Crippen LogP) is 2.74. The molecular formula is C15H20N6O3S. The third kappa shape index (κ3) is 3.68. The Balaban J connectivity index is 1.78. The highest BCUT2D eigenvalue weighted by Gasteiger charge is 2.37.